The SMILES string of the molecule is CCN(C)/C=N\c1ccc2c(c1)c(C)c(C)n2Cc1c(F)cccc1Cl. The van der Waals surface area contributed by atoms with Gasteiger partial charge in [-0.2, -0.15) is 0 Å². The van der Waals surface area contributed by atoms with Crippen LogP contribution in [-0.4, -0.2) is 29.4 Å². The molecule has 0 spiro atoms. The fourth-order valence-electron chi connectivity index (χ4n) is 3.01. The highest BCUT2D eigenvalue weighted by Gasteiger charge is 2.15. The second-order valence-corrected chi connectivity index (χ2v) is 6.92. The zero-order chi connectivity index (χ0) is 18.8. The molecule has 136 valence electrons. The van der Waals surface area contributed by atoms with Gasteiger partial charge < -0.3 is 9.47 Å². The van der Waals surface area contributed by atoms with Crippen LogP contribution >= 0.6 is 11.6 Å². The Hall–Kier alpha value is -2.33. The van der Waals surface area contributed by atoms with Crippen molar-refractivity contribution in [3.05, 3.63) is 64.1 Å². The first-order chi connectivity index (χ1) is 12.4. The van der Waals surface area contributed by atoms with Crippen LogP contribution in [0.1, 0.15) is 23.7 Å². The van der Waals surface area contributed by atoms with E-state index >= 15 is 0 Å². The van der Waals surface area contributed by atoms with E-state index in [4.69, 9.17) is 11.6 Å². The molecule has 0 N–H and O–H groups in total. The Balaban J connectivity index is 2.05. The van der Waals surface area contributed by atoms with Gasteiger partial charge >= 0.3 is 0 Å². The number of hydrogen-bond donors (Lipinski definition) is 0. The third-order valence-electron chi connectivity index (χ3n) is 4.90. The summed E-state index contributed by atoms with van der Waals surface area (Å²) in [6, 6.07) is 10.9. The molecule has 0 aliphatic carbocycles. The van der Waals surface area contributed by atoms with Gasteiger partial charge in [0.15, 0.2) is 0 Å². The summed E-state index contributed by atoms with van der Waals surface area (Å²) >= 11 is 6.22. The molecule has 0 radical (unpaired) electrons. The molecule has 0 saturated carbocycles. The van der Waals surface area contributed by atoms with Crippen molar-refractivity contribution in [2.24, 2.45) is 4.99 Å². The predicted molar refractivity (Wildman–Crippen MR) is 108 cm³/mol. The van der Waals surface area contributed by atoms with Gasteiger partial charge in [-0.3, -0.25) is 0 Å². The molecule has 1 aromatic heterocycles. The average molecular weight is 372 g/mol. The number of fused-ring (bicyclic) bond motifs is 1. The van der Waals surface area contributed by atoms with Crippen molar-refractivity contribution >= 4 is 34.5 Å². The summed E-state index contributed by atoms with van der Waals surface area (Å²) in [5.41, 5.74) is 4.75. The number of aromatic nitrogens is 1. The van der Waals surface area contributed by atoms with Gasteiger partial charge in [0.1, 0.15) is 5.82 Å². The van der Waals surface area contributed by atoms with E-state index in [9.17, 15) is 4.39 Å². The lowest BCUT2D eigenvalue weighted by Gasteiger charge is -2.11. The number of rotatable bonds is 5. The standard InChI is InChI=1S/C21H23ClFN3/c1-5-25(4)13-24-16-9-10-21-17(11-16)14(2)15(3)26(21)12-18-19(22)7-6-8-20(18)23/h6-11,13H,5,12H2,1-4H3/b24-13-. The molecule has 3 nitrogen and oxygen atoms in total. The van der Waals surface area contributed by atoms with Crippen molar-refractivity contribution in [1.82, 2.24) is 9.47 Å². The topological polar surface area (TPSA) is 20.5 Å². The van der Waals surface area contributed by atoms with E-state index in [0.717, 1.165) is 28.8 Å². The fraction of sp³-hybridized carbons (Fsp3) is 0.286. The number of hydrogen-bond acceptors (Lipinski definition) is 1. The minimum Gasteiger partial charge on any atom is -0.366 e. The maximum atomic E-state index is 14.2. The third kappa shape index (κ3) is 3.47. The van der Waals surface area contributed by atoms with E-state index in [1.54, 1.807) is 12.1 Å². The summed E-state index contributed by atoms with van der Waals surface area (Å²) < 4.78 is 16.3. The van der Waals surface area contributed by atoms with Gasteiger partial charge in [-0.15, -0.1) is 0 Å². The fourth-order valence-corrected chi connectivity index (χ4v) is 3.23. The van der Waals surface area contributed by atoms with E-state index in [2.05, 4.69) is 36.4 Å². The summed E-state index contributed by atoms with van der Waals surface area (Å²) in [6.45, 7) is 7.53. The van der Waals surface area contributed by atoms with Gasteiger partial charge in [0.05, 0.1) is 18.6 Å². The first-order valence-electron chi connectivity index (χ1n) is 8.69. The normalized spacial score (nSPS) is 11.6. The average Bonchev–Trinajstić information content (AvgIpc) is 2.87. The maximum Gasteiger partial charge on any atom is 0.129 e. The molecule has 1 heterocycles. The quantitative estimate of drug-likeness (QED) is 0.415. The second kappa shape index (κ2) is 7.50. The highest BCUT2D eigenvalue weighted by atomic mass is 35.5. The molecule has 0 fully saturated rings. The lowest BCUT2D eigenvalue weighted by Crippen LogP contribution is -2.14. The molecule has 0 atom stereocenters. The second-order valence-electron chi connectivity index (χ2n) is 6.52. The summed E-state index contributed by atoms with van der Waals surface area (Å²) in [4.78, 5) is 6.55. The van der Waals surface area contributed by atoms with Crippen LogP contribution in [0.5, 0.6) is 0 Å². The molecular formula is C21H23ClFN3. The monoisotopic (exact) mass is 371 g/mol. The van der Waals surface area contributed by atoms with Gasteiger partial charge in [-0.25, -0.2) is 9.38 Å². The molecule has 0 saturated heterocycles. The van der Waals surface area contributed by atoms with Crippen LogP contribution in [0.25, 0.3) is 10.9 Å². The van der Waals surface area contributed by atoms with E-state index in [1.165, 1.54) is 11.6 Å². The van der Waals surface area contributed by atoms with Crippen molar-refractivity contribution in [2.45, 2.75) is 27.3 Å². The molecule has 0 amide bonds. The van der Waals surface area contributed by atoms with Crippen LogP contribution in [-0.2, 0) is 6.54 Å². The Kier molecular flexibility index (Phi) is 5.33. The molecule has 0 aliphatic heterocycles. The molecule has 26 heavy (non-hydrogen) atoms. The van der Waals surface area contributed by atoms with Crippen molar-refractivity contribution in [3.63, 3.8) is 0 Å². The van der Waals surface area contributed by atoms with Gasteiger partial charge in [0.25, 0.3) is 0 Å². The molecule has 0 bridgehead atoms. The van der Waals surface area contributed by atoms with Gasteiger partial charge in [0, 0.05) is 40.8 Å². The minimum atomic E-state index is -0.278. The van der Waals surface area contributed by atoms with E-state index < -0.39 is 0 Å². The highest BCUT2D eigenvalue weighted by Crippen LogP contribution is 2.31. The Morgan fingerprint density at radius 1 is 1.23 bits per heavy atom. The van der Waals surface area contributed by atoms with Crippen molar-refractivity contribution < 1.29 is 4.39 Å². The maximum absolute atomic E-state index is 14.2. The Morgan fingerprint density at radius 3 is 2.69 bits per heavy atom. The van der Waals surface area contributed by atoms with Crippen LogP contribution in [0, 0.1) is 19.7 Å². The zero-order valence-electron chi connectivity index (χ0n) is 15.6. The summed E-state index contributed by atoms with van der Waals surface area (Å²) in [5, 5.41) is 1.58. The molecule has 5 heteroatoms. The first-order valence-corrected chi connectivity index (χ1v) is 9.07. The van der Waals surface area contributed by atoms with Crippen molar-refractivity contribution in [3.8, 4) is 0 Å². The van der Waals surface area contributed by atoms with Crippen LogP contribution in [0.2, 0.25) is 5.02 Å². The van der Waals surface area contributed by atoms with Crippen molar-refractivity contribution in [1.29, 1.82) is 0 Å². The number of nitrogens with zero attached hydrogens (tertiary/aromatic N) is 3. The van der Waals surface area contributed by atoms with Crippen LogP contribution in [0.4, 0.5) is 10.1 Å². The lowest BCUT2D eigenvalue weighted by atomic mass is 10.1. The smallest absolute Gasteiger partial charge is 0.129 e. The number of halogens is 2. The zero-order valence-corrected chi connectivity index (χ0v) is 16.3. The van der Waals surface area contributed by atoms with E-state index in [1.807, 2.05) is 30.4 Å². The number of aryl methyl sites for hydroxylation is 1. The van der Waals surface area contributed by atoms with Gasteiger partial charge in [-0.1, -0.05) is 17.7 Å². The molecular weight excluding hydrogens is 349 g/mol. The van der Waals surface area contributed by atoms with Gasteiger partial charge in [0.2, 0.25) is 0 Å². The van der Waals surface area contributed by atoms with E-state index in [-0.39, 0.29) is 5.82 Å². The van der Waals surface area contributed by atoms with Gasteiger partial charge in [-0.05, 0) is 56.7 Å². The largest absolute Gasteiger partial charge is 0.366 e. The molecule has 3 rings (SSSR count). The first kappa shape index (κ1) is 18.5. The highest BCUT2D eigenvalue weighted by molar-refractivity contribution is 6.31. The number of aliphatic imine (C=N–C) groups is 1. The van der Waals surface area contributed by atoms with E-state index in [0.29, 0.717) is 17.1 Å². The molecule has 3 aromatic rings. The summed E-state index contributed by atoms with van der Waals surface area (Å²) in [6.07, 6.45) is 1.83. The minimum absolute atomic E-state index is 0.278. The van der Waals surface area contributed by atoms with Crippen molar-refractivity contribution in [2.75, 3.05) is 13.6 Å². The Bertz CT molecular complexity index is 955. The predicted octanol–water partition coefficient (Wildman–Crippen LogP) is 5.71. The summed E-state index contributed by atoms with van der Waals surface area (Å²) in [5.74, 6) is -0.278. The number of benzene rings is 2. The third-order valence-corrected chi connectivity index (χ3v) is 5.26. The lowest BCUT2D eigenvalue weighted by molar-refractivity contribution is 0.552. The molecule has 0 unspecified atom stereocenters. The van der Waals surface area contributed by atoms with Crippen LogP contribution in [0.3, 0.4) is 0 Å². The Morgan fingerprint density at radius 2 is 2.00 bits per heavy atom. The van der Waals surface area contributed by atoms with Crippen LogP contribution in [0.15, 0.2) is 41.4 Å². The Labute approximate surface area is 158 Å². The summed E-state index contributed by atoms with van der Waals surface area (Å²) in [7, 11) is 1.99. The van der Waals surface area contributed by atoms with Crippen LogP contribution < -0.4 is 0 Å². The molecule has 2 aromatic carbocycles. The molecule has 0 aliphatic rings.